The summed E-state index contributed by atoms with van der Waals surface area (Å²) in [5.74, 6) is 0.614. The molecule has 0 aromatic carbocycles. The predicted octanol–water partition coefficient (Wildman–Crippen LogP) is 1.31. The van der Waals surface area contributed by atoms with Gasteiger partial charge >= 0.3 is 0 Å². The Hall–Kier alpha value is -0.610. The van der Waals surface area contributed by atoms with E-state index in [0.717, 1.165) is 32.2 Å². The minimum absolute atomic E-state index is 0.104. The fourth-order valence-electron chi connectivity index (χ4n) is 2.12. The second-order valence-electron chi connectivity index (χ2n) is 5.29. The van der Waals surface area contributed by atoms with Gasteiger partial charge in [0.1, 0.15) is 0 Å². The van der Waals surface area contributed by atoms with Crippen molar-refractivity contribution in [3.05, 3.63) is 0 Å². The first-order valence-electron chi connectivity index (χ1n) is 6.64. The van der Waals surface area contributed by atoms with Gasteiger partial charge in [-0.3, -0.25) is 4.79 Å². The molecule has 1 amide bonds. The normalized spacial score (nSPS) is 24.9. The number of carbonyl (C=O) groups is 1. The van der Waals surface area contributed by atoms with Gasteiger partial charge in [0.2, 0.25) is 5.91 Å². The van der Waals surface area contributed by atoms with E-state index in [9.17, 15) is 4.79 Å². The zero-order chi connectivity index (χ0) is 12.7. The molecule has 1 fully saturated rings. The molecule has 0 atom stereocenters. The summed E-state index contributed by atoms with van der Waals surface area (Å²) in [7, 11) is 1.78. The minimum atomic E-state index is 0.104. The minimum Gasteiger partial charge on any atom is -0.381 e. The van der Waals surface area contributed by atoms with E-state index in [1.807, 2.05) is 0 Å². The zero-order valence-electron chi connectivity index (χ0n) is 11.3. The molecule has 0 radical (unpaired) electrons. The van der Waals surface area contributed by atoms with Crippen LogP contribution in [0.15, 0.2) is 0 Å². The number of hydrogen-bond donors (Lipinski definition) is 2. The highest BCUT2D eigenvalue weighted by Crippen LogP contribution is 2.20. The van der Waals surface area contributed by atoms with Crippen molar-refractivity contribution in [2.24, 2.45) is 5.92 Å². The Morgan fingerprint density at radius 2 is 1.94 bits per heavy atom. The first-order chi connectivity index (χ1) is 8.11. The molecule has 1 aliphatic rings. The molecule has 0 aromatic rings. The van der Waals surface area contributed by atoms with Crippen molar-refractivity contribution in [1.82, 2.24) is 10.6 Å². The van der Waals surface area contributed by atoms with Gasteiger partial charge in [-0.25, -0.2) is 0 Å². The summed E-state index contributed by atoms with van der Waals surface area (Å²) in [5.41, 5.74) is 0. The van der Waals surface area contributed by atoms with Gasteiger partial charge in [0.25, 0.3) is 0 Å². The number of hydrogen-bond acceptors (Lipinski definition) is 3. The Balaban J connectivity index is 2.08. The summed E-state index contributed by atoms with van der Waals surface area (Å²) in [5, 5.41) is 6.24. The van der Waals surface area contributed by atoms with Gasteiger partial charge in [-0.05, 0) is 31.6 Å². The number of ether oxygens (including phenoxy) is 1. The lowest BCUT2D eigenvalue weighted by Gasteiger charge is -2.28. The van der Waals surface area contributed by atoms with E-state index in [4.69, 9.17) is 4.74 Å². The summed E-state index contributed by atoms with van der Waals surface area (Å²) in [6.45, 7) is 5.39. The van der Waals surface area contributed by atoms with Crippen LogP contribution < -0.4 is 10.6 Å². The Labute approximate surface area is 104 Å². The Kier molecular flexibility index (Phi) is 6.52. The Morgan fingerprint density at radius 3 is 2.47 bits per heavy atom. The molecule has 17 heavy (non-hydrogen) atoms. The van der Waals surface area contributed by atoms with Crippen LogP contribution in [0.1, 0.15) is 39.5 Å². The van der Waals surface area contributed by atoms with Gasteiger partial charge < -0.3 is 15.4 Å². The van der Waals surface area contributed by atoms with E-state index >= 15 is 0 Å². The molecule has 100 valence electrons. The van der Waals surface area contributed by atoms with Crippen LogP contribution >= 0.6 is 0 Å². The molecule has 1 rings (SSSR count). The third-order valence-corrected chi connectivity index (χ3v) is 3.27. The number of rotatable bonds is 6. The smallest absolute Gasteiger partial charge is 0.233 e. The van der Waals surface area contributed by atoms with Crippen molar-refractivity contribution in [2.45, 2.75) is 51.7 Å². The van der Waals surface area contributed by atoms with E-state index in [2.05, 4.69) is 24.5 Å². The molecule has 2 N–H and O–H groups in total. The lowest BCUT2D eigenvalue weighted by Crippen LogP contribution is -2.42. The van der Waals surface area contributed by atoms with Crippen molar-refractivity contribution in [1.29, 1.82) is 0 Å². The largest absolute Gasteiger partial charge is 0.381 e. The van der Waals surface area contributed by atoms with Crippen LogP contribution in [0.3, 0.4) is 0 Å². The maximum absolute atomic E-state index is 11.5. The summed E-state index contributed by atoms with van der Waals surface area (Å²) >= 11 is 0. The molecular formula is C13H26N2O2. The lowest BCUT2D eigenvalue weighted by atomic mass is 9.93. The highest BCUT2D eigenvalue weighted by molar-refractivity contribution is 5.77. The molecule has 1 aliphatic carbocycles. The number of carbonyl (C=O) groups excluding carboxylic acids is 1. The molecule has 1 saturated carbocycles. The molecule has 0 aromatic heterocycles. The highest BCUT2D eigenvalue weighted by Gasteiger charge is 2.20. The molecule has 4 heteroatoms. The summed E-state index contributed by atoms with van der Waals surface area (Å²) in [6, 6.07) is 0.478. The van der Waals surface area contributed by atoms with Crippen LogP contribution in [0, 0.1) is 5.92 Å². The predicted molar refractivity (Wildman–Crippen MR) is 68.9 cm³/mol. The van der Waals surface area contributed by atoms with Crippen molar-refractivity contribution in [3.63, 3.8) is 0 Å². The Bertz CT molecular complexity index is 223. The van der Waals surface area contributed by atoms with E-state index in [-0.39, 0.29) is 5.91 Å². The fraction of sp³-hybridized carbons (Fsp3) is 0.923. The van der Waals surface area contributed by atoms with Crippen molar-refractivity contribution < 1.29 is 9.53 Å². The van der Waals surface area contributed by atoms with Crippen LogP contribution in [0.2, 0.25) is 0 Å². The Morgan fingerprint density at radius 1 is 1.29 bits per heavy atom. The molecule has 0 unspecified atom stereocenters. The second kappa shape index (κ2) is 7.67. The van der Waals surface area contributed by atoms with Crippen LogP contribution in [-0.2, 0) is 9.53 Å². The fourth-order valence-corrected chi connectivity index (χ4v) is 2.12. The summed E-state index contributed by atoms with van der Waals surface area (Å²) in [4.78, 5) is 11.5. The average molecular weight is 242 g/mol. The van der Waals surface area contributed by atoms with Gasteiger partial charge in [-0.2, -0.15) is 0 Å². The van der Waals surface area contributed by atoms with Crippen molar-refractivity contribution >= 4 is 5.91 Å². The van der Waals surface area contributed by atoms with Crippen LogP contribution in [-0.4, -0.2) is 38.3 Å². The maximum Gasteiger partial charge on any atom is 0.233 e. The summed E-state index contributed by atoms with van der Waals surface area (Å²) < 4.78 is 5.32. The van der Waals surface area contributed by atoms with E-state index in [1.54, 1.807) is 7.11 Å². The van der Waals surface area contributed by atoms with Gasteiger partial charge in [-0.15, -0.1) is 0 Å². The molecule has 0 bridgehead atoms. The van der Waals surface area contributed by atoms with E-state index in [0.29, 0.717) is 24.6 Å². The number of amides is 1. The highest BCUT2D eigenvalue weighted by atomic mass is 16.5. The topological polar surface area (TPSA) is 50.4 Å². The van der Waals surface area contributed by atoms with Gasteiger partial charge in [0.05, 0.1) is 12.6 Å². The standard InChI is InChI=1S/C13H26N2O2/c1-10(2)8-15-13(16)9-14-11-4-6-12(17-3)7-5-11/h10-12,14H,4-9H2,1-3H3,(H,15,16). The molecule has 0 saturated heterocycles. The quantitative estimate of drug-likeness (QED) is 0.738. The average Bonchev–Trinajstić information content (AvgIpc) is 2.34. The lowest BCUT2D eigenvalue weighted by molar-refractivity contribution is -0.120. The van der Waals surface area contributed by atoms with Gasteiger partial charge in [-0.1, -0.05) is 13.8 Å². The van der Waals surface area contributed by atoms with Crippen molar-refractivity contribution in [3.8, 4) is 0 Å². The summed E-state index contributed by atoms with van der Waals surface area (Å²) in [6.07, 6.45) is 4.83. The maximum atomic E-state index is 11.5. The van der Waals surface area contributed by atoms with Crippen LogP contribution in [0.5, 0.6) is 0 Å². The number of methoxy groups -OCH3 is 1. The molecule has 0 heterocycles. The van der Waals surface area contributed by atoms with Gasteiger partial charge in [0, 0.05) is 19.7 Å². The second-order valence-corrected chi connectivity index (χ2v) is 5.29. The van der Waals surface area contributed by atoms with Gasteiger partial charge in [0.15, 0.2) is 0 Å². The monoisotopic (exact) mass is 242 g/mol. The van der Waals surface area contributed by atoms with Crippen molar-refractivity contribution in [2.75, 3.05) is 20.2 Å². The van der Waals surface area contributed by atoms with E-state index in [1.165, 1.54) is 0 Å². The molecule has 4 nitrogen and oxygen atoms in total. The molecule has 0 aliphatic heterocycles. The third-order valence-electron chi connectivity index (χ3n) is 3.27. The number of nitrogens with one attached hydrogen (secondary N) is 2. The first kappa shape index (κ1) is 14.5. The molecular weight excluding hydrogens is 216 g/mol. The molecule has 0 spiro atoms. The first-order valence-corrected chi connectivity index (χ1v) is 6.64. The third kappa shape index (κ3) is 6.03. The SMILES string of the molecule is COC1CCC(NCC(=O)NCC(C)C)CC1. The van der Waals surface area contributed by atoms with E-state index < -0.39 is 0 Å². The van der Waals surface area contributed by atoms with Crippen LogP contribution in [0.25, 0.3) is 0 Å². The van der Waals surface area contributed by atoms with Crippen LogP contribution in [0.4, 0.5) is 0 Å². The zero-order valence-corrected chi connectivity index (χ0v) is 11.3.